The molecule has 6 nitrogen and oxygen atoms in total. The molecule has 0 saturated carbocycles. The van der Waals surface area contributed by atoms with Gasteiger partial charge >= 0.3 is 6.18 Å². The van der Waals surface area contributed by atoms with Crippen LogP contribution in [0.5, 0.6) is 0 Å². The van der Waals surface area contributed by atoms with E-state index in [4.69, 9.17) is 5.73 Å². The van der Waals surface area contributed by atoms with Gasteiger partial charge in [0.15, 0.2) is 5.13 Å². The first-order valence-corrected chi connectivity index (χ1v) is 8.13. The van der Waals surface area contributed by atoms with E-state index in [0.29, 0.717) is 34.7 Å². The zero-order valence-electron chi connectivity index (χ0n) is 11.8. The summed E-state index contributed by atoms with van der Waals surface area (Å²) < 4.78 is 37.6. The maximum atomic E-state index is 12.5. The Bertz CT molecular complexity index is 638. The van der Waals surface area contributed by atoms with Crippen molar-refractivity contribution in [2.75, 3.05) is 36.8 Å². The normalized spacial score (nSPS) is 16.4. The molecule has 2 aromatic heterocycles. The van der Waals surface area contributed by atoms with Gasteiger partial charge in [0.25, 0.3) is 0 Å². The van der Waals surface area contributed by atoms with E-state index in [1.165, 1.54) is 11.3 Å². The van der Waals surface area contributed by atoms with Crippen molar-refractivity contribution in [1.29, 1.82) is 0 Å². The van der Waals surface area contributed by atoms with Crippen LogP contribution in [0.4, 0.5) is 23.4 Å². The Labute approximate surface area is 144 Å². The number of rotatable bonds is 3. The molecule has 1 saturated heterocycles. The highest BCUT2D eigenvalue weighted by atomic mass is 35.5. The van der Waals surface area contributed by atoms with Gasteiger partial charge in [0.1, 0.15) is 0 Å². The summed E-state index contributed by atoms with van der Waals surface area (Å²) in [4.78, 5) is 9.15. The molecule has 1 aliphatic rings. The third-order valence-electron chi connectivity index (χ3n) is 3.25. The van der Waals surface area contributed by atoms with Crippen LogP contribution in [0.2, 0.25) is 0 Å². The van der Waals surface area contributed by atoms with Gasteiger partial charge in [-0.25, -0.2) is 4.98 Å². The van der Waals surface area contributed by atoms with E-state index >= 15 is 0 Å². The molecule has 0 aromatic carbocycles. The Hall–Kier alpha value is -1.17. The minimum Gasteiger partial charge on any atom is -0.375 e. The number of halogens is 4. The highest BCUT2D eigenvalue weighted by Crippen LogP contribution is 2.34. The number of alkyl halides is 3. The lowest BCUT2D eigenvalue weighted by atomic mass is 10.3. The van der Waals surface area contributed by atoms with Crippen molar-refractivity contribution in [2.24, 2.45) is 0 Å². The zero-order valence-corrected chi connectivity index (χ0v) is 14.2. The SMILES string of the molecule is Cl.Nc1ncc(CN2CCN(c3nnc(C(F)(F)F)s3)CC2)s1. The van der Waals surface area contributed by atoms with Crippen LogP contribution in [0.25, 0.3) is 0 Å². The quantitative estimate of drug-likeness (QED) is 0.873. The molecule has 3 heterocycles. The maximum absolute atomic E-state index is 12.5. The van der Waals surface area contributed by atoms with Crippen LogP contribution in [0.3, 0.4) is 0 Å². The second-order valence-electron chi connectivity index (χ2n) is 4.82. The summed E-state index contributed by atoms with van der Waals surface area (Å²) in [6, 6.07) is 0. The van der Waals surface area contributed by atoms with E-state index < -0.39 is 11.2 Å². The van der Waals surface area contributed by atoms with Crippen molar-refractivity contribution < 1.29 is 13.2 Å². The number of piperazine rings is 1. The Morgan fingerprint density at radius 2 is 1.83 bits per heavy atom. The summed E-state index contributed by atoms with van der Waals surface area (Å²) in [5.41, 5.74) is 5.59. The summed E-state index contributed by atoms with van der Waals surface area (Å²) in [7, 11) is 0. The molecule has 1 aliphatic heterocycles. The van der Waals surface area contributed by atoms with E-state index in [9.17, 15) is 13.2 Å². The van der Waals surface area contributed by atoms with Crippen LogP contribution in [-0.2, 0) is 12.7 Å². The number of nitrogens with zero attached hydrogens (tertiary/aromatic N) is 5. The van der Waals surface area contributed by atoms with Gasteiger partial charge in [-0.1, -0.05) is 11.3 Å². The molecule has 128 valence electrons. The fraction of sp³-hybridized carbons (Fsp3) is 0.545. The van der Waals surface area contributed by atoms with Crippen LogP contribution in [0.15, 0.2) is 6.20 Å². The van der Waals surface area contributed by atoms with Gasteiger partial charge < -0.3 is 10.6 Å². The smallest absolute Gasteiger partial charge is 0.375 e. The first kappa shape index (κ1) is 18.2. The van der Waals surface area contributed by atoms with Gasteiger partial charge in [0.05, 0.1) is 0 Å². The summed E-state index contributed by atoms with van der Waals surface area (Å²) in [6.45, 7) is 3.51. The van der Waals surface area contributed by atoms with Gasteiger partial charge in [0.2, 0.25) is 10.1 Å². The molecule has 2 aromatic rings. The fourth-order valence-electron chi connectivity index (χ4n) is 2.17. The largest absolute Gasteiger partial charge is 0.445 e. The summed E-state index contributed by atoms with van der Waals surface area (Å²) in [5, 5.41) is 6.84. The van der Waals surface area contributed by atoms with Crippen molar-refractivity contribution in [2.45, 2.75) is 12.7 Å². The van der Waals surface area contributed by atoms with E-state index in [2.05, 4.69) is 20.1 Å². The predicted molar refractivity (Wildman–Crippen MR) is 86.2 cm³/mol. The third-order valence-corrected chi connectivity index (χ3v) is 5.09. The van der Waals surface area contributed by atoms with Crippen molar-refractivity contribution >= 4 is 45.3 Å². The van der Waals surface area contributed by atoms with Crippen LogP contribution in [-0.4, -0.2) is 46.3 Å². The molecule has 2 N–H and O–H groups in total. The molecular formula is C11H14ClF3N6S2. The Morgan fingerprint density at radius 3 is 2.35 bits per heavy atom. The molecule has 0 atom stereocenters. The monoisotopic (exact) mass is 386 g/mol. The second-order valence-corrected chi connectivity index (χ2v) is 6.92. The fourth-order valence-corrected chi connectivity index (χ4v) is 3.66. The van der Waals surface area contributed by atoms with E-state index in [1.807, 2.05) is 4.90 Å². The number of thiazole rings is 1. The van der Waals surface area contributed by atoms with Crippen LogP contribution in [0, 0.1) is 0 Å². The molecule has 1 fully saturated rings. The first-order valence-electron chi connectivity index (χ1n) is 6.50. The van der Waals surface area contributed by atoms with E-state index in [1.54, 1.807) is 6.20 Å². The summed E-state index contributed by atoms with van der Waals surface area (Å²) >= 11 is 2.04. The van der Waals surface area contributed by atoms with Crippen molar-refractivity contribution in [1.82, 2.24) is 20.1 Å². The highest BCUT2D eigenvalue weighted by molar-refractivity contribution is 7.15. The maximum Gasteiger partial charge on any atom is 0.445 e. The molecule has 12 heteroatoms. The summed E-state index contributed by atoms with van der Waals surface area (Å²) in [6.07, 6.45) is -2.67. The topological polar surface area (TPSA) is 71.2 Å². The van der Waals surface area contributed by atoms with Gasteiger partial charge in [-0.15, -0.1) is 33.9 Å². The minimum absolute atomic E-state index is 0. The average Bonchev–Trinajstić information content (AvgIpc) is 3.08. The Kier molecular flexibility index (Phi) is 5.65. The Balaban J connectivity index is 0.00000192. The molecular weight excluding hydrogens is 373 g/mol. The third kappa shape index (κ3) is 4.43. The minimum atomic E-state index is -4.43. The number of nitrogens with two attached hydrogens (primary N) is 1. The van der Waals surface area contributed by atoms with E-state index in [-0.39, 0.29) is 12.4 Å². The number of nitrogen functional groups attached to an aromatic ring is 1. The lowest BCUT2D eigenvalue weighted by Gasteiger charge is -2.33. The molecule has 0 bridgehead atoms. The molecule has 0 amide bonds. The highest BCUT2D eigenvalue weighted by Gasteiger charge is 2.36. The van der Waals surface area contributed by atoms with Gasteiger partial charge in [-0.05, 0) is 0 Å². The molecule has 0 spiro atoms. The van der Waals surface area contributed by atoms with Gasteiger partial charge in [0, 0.05) is 43.8 Å². The predicted octanol–water partition coefficient (Wildman–Crippen LogP) is 2.34. The van der Waals surface area contributed by atoms with Crippen LogP contribution < -0.4 is 10.6 Å². The molecule has 23 heavy (non-hydrogen) atoms. The molecule has 0 unspecified atom stereocenters. The second kappa shape index (κ2) is 7.16. The lowest BCUT2D eigenvalue weighted by Crippen LogP contribution is -2.45. The van der Waals surface area contributed by atoms with Crippen LogP contribution in [0.1, 0.15) is 9.88 Å². The average molecular weight is 387 g/mol. The number of anilines is 2. The van der Waals surface area contributed by atoms with Crippen molar-refractivity contribution in [3.05, 3.63) is 16.1 Å². The van der Waals surface area contributed by atoms with E-state index in [0.717, 1.165) is 24.5 Å². The van der Waals surface area contributed by atoms with Gasteiger partial charge in [-0.3, -0.25) is 4.90 Å². The lowest BCUT2D eigenvalue weighted by molar-refractivity contribution is -0.138. The molecule has 0 aliphatic carbocycles. The first-order chi connectivity index (χ1) is 10.4. The van der Waals surface area contributed by atoms with Crippen molar-refractivity contribution in [3.8, 4) is 0 Å². The standard InChI is InChI=1S/C11H13F3N6S2.ClH/c12-11(13,14)8-17-18-10(22-8)20-3-1-19(2-4-20)6-7-5-16-9(15)21-7;/h5H,1-4,6H2,(H2,15,16);1H. The molecule has 3 rings (SSSR count). The van der Waals surface area contributed by atoms with Crippen molar-refractivity contribution in [3.63, 3.8) is 0 Å². The zero-order chi connectivity index (χ0) is 15.7. The summed E-state index contributed by atoms with van der Waals surface area (Å²) in [5.74, 6) is 0. The number of hydrogen-bond donors (Lipinski definition) is 1. The Morgan fingerprint density at radius 1 is 1.13 bits per heavy atom. The number of hydrogen-bond acceptors (Lipinski definition) is 8. The van der Waals surface area contributed by atoms with Gasteiger partial charge in [-0.2, -0.15) is 13.2 Å². The molecule has 0 radical (unpaired) electrons. The van der Waals surface area contributed by atoms with Crippen LogP contribution >= 0.6 is 35.1 Å². The number of aromatic nitrogens is 3.